The summed E-state index contributed by atoms with van der Waals surface area (Å²) in [6.07, 6.45) is 0. The van der Waals surface area contributed by atoms with Gasteiger partial charge in [0.25, 0.3) is 5.56 Å². The molecule has 7 nitrogen and oxygen atoms in total. The number of fused-ring (bicyclic) bond motifs is 2. The average molecular weight is 460 g/mol. The second-order valence-electron chi connectivity index (χ2n) is 7.57. The van der Waals surface area contributed by atoms with Gasteiger partial charge >= 0.3 is 0 Å². The number of para-hydroxylation sites is 2. The molecule has 0 fully saturated rings. The van der Waals surface area contributed by atoms with Crippen LogP contribution in [0.3, 0.4) is 0 Å². The first-order valence-electron chi connectivity index (χ1n) is 10.4. The summed E-state index contributed by atoms with van der Waals surface area (Å²) in [4.78, 5) is 32.5. The molecule has 166 valence electrons. The molecule has 33 heavy (non-hydrogen) atoms. The lowest BCUT2D eigenvalue weighted by Gasteiger charge is -2.18. The number of hydrogen-bond donors (Lipinski definition) is 0. The van der Waals surface area contributed by atoms with E-state index in [9.17, 15) is 9.59 Å². The van der Waals surface area contributed by atoms with Crippen LogP contribution in [-0.4, -0.2) is 35.1 Å². The molecule has 0 unspecified atom stereocenters. The summed E-state index contributed by atoms with van der Waals surface area (Å²) in [6, 6.07) is 22.3. The first-order valence-corrected chi connectivity index (χ1v) is 11.4. The molecule has 1 aliphatic rings. The maximum atomic E-state index is 13.3. The highest BCUT2D eigenvalue weighted by atomic mass is 32.2. The molecular formula is C25H21N3O4S. The van der Waals surface area contributed by atoms with Crippen LogP contribution in [0.25, 0.3) is 10.9 Å². The van der Waals surface area contributed by atoms with E-state index in [1.165, 1.54) is 11.8 Å². The third kappa shape index (κ3) is 4.29. The molecule has 1 amide bonds. The van der Waals surface area contributed by atoms with Crippen LogP contribution in [0, 0.1) is 0 Å². The zero-order valence-corrected chi connectivity index (χ0v) is 18.7. The van der Waals surface area contributed by atoms with Crippen LogP contribution in [0.2, 0.25) is 0 Å². The smallest absolute Gasteiger partial charge is 0.262 e. The van der Waals surface area contributed by atoms with E-state index in [1.807, 2.05) is 66.7 Å². The highest BCUT2D eigenvalue weighted by molar-refractivity contribution is 7.99. The van der Waals surface area contributed by atoms with Crippen LogP contribution in [0.4, 0.5) is 5.69 Å². The van der Waals surface area contributed by atoms with Gasteiger partial charge in [0, 0.05) is 12.7 Å². The maximum absolute atomic E-state index is 13.3. The molecule has 3 aromatic carbocycles. The highest BCUT2D eigenvalue weighted by Gasteiger charge is 2.18. The second-order valence-corrected chi connectivity index (χ2v) is 8.51. The molecule has 0 N–H and O–H groups in total. The Balaban J connectivity index is 1.45. The summed E-state index contributed by atoms with van der Waals surface area (Å²) in [5.74, 6) is 1.41. The van der Waals surface area contributed by atoms with Crippen LogP contribution < -0.4 is 19.9 Å². The Morgan fingerprint density at radius 2 is 1.79 bits per heavy atom. The minimum absolute atomic E-state index is 0.0803. The summed E-state index contributed by atoms with van der Waals surface area (Å²) in [5.41, 5.74) is 2.15. The van der Waals surface area contributed by atoms with Crippen LogP contribution in [0.1, 0.15) is 5.56 Å². The number of nitrogens with zero attached hydrogens (tertiary/aromatic N) is 3. The Kier molecular flexibility index (Phi) is 5.75. The zero-order valence-electron chi connectivity index (χ0n) is 17.9. The van der Waals surface area contributed by atoms with E-state index in [-0.39, 0.29) is 24.0 Å². The Hall–Kier alpha value is -3.78. The summed E-state index contributed by atoms with van der Waals surface area (Å²) in [6.45, 7) is 0.493. The topological polar surface area (TPSA) is 73.7 Å². The van der Waals surface area contributed by atoms with Crippen LogP contribution in [-0.2, 0) is 11.3 Å². The molecular weight excluding hydrogens is 438 g/mol. The Bertz CT molecular complexity index is 1390. The average Bonchev–Trinajstić information content (AvgIpc) is 3.32. The predicted molar refractivity (Wildman–Crippen MR) is 128 cm³/mol. The van der Waals surface area contributed by atoms with Crippen LogP contribution in [0.5, 0.6) is 11.5 Å². The molecule has 1 aromatic heterocycles. The van der Waals surface area contributed by atoms with Crippen molar-refractivity contribution < 1.29 is 14.3 Å². The summed E-state index contributed by atoms with van der Waals surface area (Å²) in [7, 11) is 1.74. The van der Waals surface area contributed by atoms with Gasteiger partial charge < -0.3 is 14.4 Å². The number of aromatic nitrogens is 2. The SMILES string of the molecule is CN(C(=O)CSc1nc2ccccc2c(=O)n1Cc1ccc2c(c1)OCO2)c1ccccc1. The van der Waals surface area contributed by atoms with Crippen molar-refractivity contribution in [3.05, 3.63) is 88.7 Å². The second kappa shape index (κ2) is 8.99. The maximum Gasteiger partial charge on any atom is 0.262 e. The standard InChI is InChI=1S/C25H21N3O4S/c1-27(18-7-3-2-4-8-18)23(29)15-33-25-26-20-10-6-5-9-19(20)24(30)28(25)14-17-11-12-21-22(13-17)32-16-31-21/h2-13H,14-16H2,1H3. The van der Waals surface area contributed by atoms with Gasteiger partial charge in [0.15, 0.2) is 16.7 Å². The third-order valence-electron chi connectivity index (χ3n) is 5.45. The zero-order chi connectivity index (χ0) is 22.8. The molecule has 0 saturated heterocycles. The van der Waals surface area contributed by atoms with Gasteiger partial charge in [0.1, 0.15) is 0 Å². The predicted octanol–water partition coefficient (Wildman–Crippen LogP) is 3.93. The van der Waals surface area contributed by atoms with E-state index >= 15 is 0 Å². The van der Waals surface area contributed by atoms with Crippen LogP contribution in [0.15, 0.2) is 82.7 Å². The van der Waals surface area contributed by atoms with Crippen molar-refractivity contribution in [3.63, 3.8) is 0 Å². The van der Waals surface area contributed by atoms with Crippen molar-refractivity contribution >= 4 is 34.3 Å². The number of benzene rings is 3. The van der Waals surface area contributed by atoms with Gasteiger partial charge in [-0.25, -0.2) is 4.98 Å². The third-order valence-corrected chi connectivity index (χ3v) is 6.41. The summed E-state index contributed by atoms with van der Waals surface area (Å²) < 4.78 is 12.5. The lowest BCUT2D eigenvalue weighted by atomic mass is 10.2. The lowest BCUT2D eigenvalue weighted by Crippen LogP contribution is -2.29. The molecule has 4 aromatic rings. The first kappa shape index (κ1) is 21.1. The fourth-order valence-corrected chi connectivity index (χ4v) is 4.55. The van der Waals surface area contributed by atoms with E-state index in [4.69, 9.17) is 14.5 Å². The van der Waals surface area contributed by atoms with E-state index in [1.54, 1.807) is 22.6 Å². The Morgan fingerprint density at radius 3 is 2.64 bits per heavy atom. The van der Waals surface area contributed by atoms with E-state index in [0.29, 0.717) is 34.1 Å². The number of carbonyl (C=O) groups excluding carboxylic acids is 1. The van der Waals surface area contributed by atoms with Gasteiger partial charge in [-0.05, 0) is 42.0 Å². The van der Waals surface area contributed by atoms with Crippen molar-refractivity contribution in [2.24, 2.45) is 0 Å². The van der Waals surface area contributed by atoms with Gasteiger partial charge in [-0.1, -0.05) is 48.2 Å². The largest absolute Gasteiger partial charge is 0.454 e. The van der Waals surface area contributed by atoms with Crippen molar-refractivity contribution in [1.29, 1.82) is 0 Å². The summed E-state index contributed by atoms with van der Waals surface area (Å²) in [5, 5.41) is 1.03. The van der Waals surface area contributed by atoms with Crippen LogP contribution >= 0.6 is 11.8 Å². The Morgan fingerprint density at radius 1 is 1.03 bits per heavy atom. The normalized spacial score (nSPS) is 12.2. The minimum atomic E-state index is -0.148. The van der Waals surface area contributed by atoms with E-state index < -0.39 is 0 Å². The van der Waals surface area contributed by atoms with E-state index in [0.717, 1.165) is 11.3 Å². The lowest BCUT2D eigenvalue weighted by molar-refractivity contribution is -0.115. The molecule has 0 bridgehead atoms. The van der Waals surface area contributed by atoms with Gasteiger partial charge in [-0.3, -0.25) is 14.2 Å². The molecule has 0 saturated carbocycles. The summed E-state index contributed by atoms with van der Waals surface area (Å²) >= 11 is 1.26. The van der Waals surface area contributed by atoms with Gasteiger partial charge in [0.05, 0.1) is 23.2 Å². The number of carbonyl (C=O) groups is 1. The number of anilines is 1. The quantitative estimate of drug-likeness (QED) is 0.321. The van der Waals surface area contributed by atoms with Gasteiger partial charge in [-0.15, -0.1) is 0 Å². The van der Waals surface area contributed by atoms with Crippen molar-refractivity contribution in [1.82, 2.24) is 9.55 Å². The molecule has 2 heterocycles. The molecule has 5 rings (SSSR count). The van der Waals surface area contributed by atoms with E-state index in [2.05, 4.69) is 0 Å². The van der Waals surface area contributed by atoms with Crippen molar-refractivity contribution in [3.8, 4) is 11.5 Å². The molecule has 0 aliphatic carbocycles. The van der Waals surface area contributed by atoms with Gasteiger partial charge in [-0.2, -0.15) is 0 Å². The molecule has 0 radical (unpaired) electrons. The molecule has 8 heteroatoms. The Labute approximate surface area is 194 Å². The number of ether oxygens (including phenoxy) is 2. The monoisotopic (exact) mass is 459 g/mol. The first-order chi connectivity index (χ1) is 16.1. The van der Waals surface area contributed by atoms with Gasteiger partial charge in [0.2, 0.25) is 12.7 Å². The fourth-order valence-electron chi connectivity index (χ4n) is 3.64. The van der Waals surface area contributed by atoms with Crippen molar-refractivity contribution in [2.45, 2.75) is 11.7 Å². The van der Waals surface area contributed by atoms with Crippen molar-refractivity contribution in [2.75, 3.05) is 24.5 Å². The number of thioether (sulfide) groups is 1. The number of amides is 1. The minimum Gasteiger partial charge on any atom is -0.454 e. The molecule has 0 spiro atoms. The highest BCUT2D eigenvalue weighted by Crippen LogP contribution is 2.33. The fraction of sp³-hybridized carbons (Fsp3) is 0.160. The number of rotatable bonds is 6. The molecule has 1 aliphatic heterocycles. The number of hydrogen-bond acceptors (Lipinski definition) is 6. The molecule has 0 atom stereocenters.